The maximum atomic E-state index is 11.4. The number of aliphatic carboxylic acids is 1. The van der Waals surface area contributed by atoms with Gasteiger partial charge in [-0.3, -0.25) is 0 Å². The average Bonchev–Trinajstić information content (AvgIpc) is 2.70. The van der Waals surface area contributed by atoms with E-state index in [0.29, 0.717) is 18.0 Å². The van der Waals surface area contributed by atoms with Crippen molar-refractivity contribution in [2.45, 2.75) is 20.3 Å². The molecule has 0 aliphatic rings. The predicted octanol–water partition coefficient (Wildman–Crippen LogP) is 2.57. The summed E-state index contributed by atoms with van der Waals surface area (Å²) in [5.41, 5.74) is 1.18. The molecule has 6 heteroatoms. The third-order valence-corrected chi connectivity index (χ3v) is 3.09. The van der Waals surface area contributed by atoms with E-state index in [2.05, 4.69) is 5.32 Å². The Morgan fingerprint density at radius 1 is 1.56 bits per heavy atom. The van der Waals surface area contributed by atoms with Crippen LogP contribution in [0.25, 0.3) is 0 Å². The van der Waals surface area contributed by atoms with Gasteiger partial charge in [-0.25, -0.2) is 9.59 Å². The molecule has 98 valence electrons. The number of ether oxygens (including phenoxy) is 1. The molecule has 1 aromatic rings. The fourth-order valence-corrected chi connectivity index (χ4v) is 1.91. The van der Waals surface area contributed by atoms with Gasteiger partial charge in [0.05, 0.1) is 0 Å². The quantitative estimate of drug-likeness (QED) is 0.636. The van der Waals surface area contributed by atoms with Gasteiger partial charge in [0.1, 0.15) is 0 Å². The normalized spacial score (nSPS) is 11.1. The van der Waals surface area contributed by atoms with E-state index < -0.39 is 12.1 Å². The van der Waals surface area contributed by atoms with Crippen LogP contribution in [0.5, 0.6) is 5.06 Å². The first-order valence-corrected chi connectivity index (χ1v) is 6.28. The van der Waals surface area contributed by atoms with Crippen molar-refractivity contribution in [3.8, 4) is 5.06 Å². The molecule has 1 rings (SSSR count). The molecule has 0 aliphatic carbocycles. The molecule has 1 aromatic heterocycles. The molecule has 0 unspecified atom stereocenters. The van der Waals surface area contributed by atoms with Crippen molar-refractivity contribution in [2.24, 2.45) is 0 Å². The van der Waals surface area contributed by atoms with Crippen molar-refractivity contribution in [3.05, 3.63) is 28.7 Å². The van der Waals surface area contributed by atoms with Crippen LogP contribution in [0.2, 0.25) is 0 Å². The van der Waals surface area contributed by atoms with Gasteiger partial charge in [-0.1, -0.05) is 6.08 Å². The molecule has 0 bridgehead atoms. The highest BCUT2D eigenvalue weighted by molar-refractivity contribution is 7.12. The SMILES string of the molecule is CC(=CCCNC(=O)Oc1sccc1C)C(=O)O. The summed E-state index contributed by atoms with van der Waals surface area (Å²) in [7, 11) is 0. The minimum absolute atomic E-state index is 0.263. The summed E-state index contributed by atoms with van der Waals surface area (Å²) in [6.45, 7) is 3.71. The van der Waals surface area contributed by atoms with Crippen LogP contribution in [-0.2, 0) is 4.79 Å². The van der Waals surface area contributed by atoms with E-state index in [-0.39, 0.29) is 5.57 Å². The third kappa shape index (κ3) is 4.58. The van der Waals surface area contributed by atoms with E-state index >= 15 is 0 Å². The number of hydrogen-bond acceptors (Lipinski definition) is 4. The highest BCUT2D eigenvalue weighted by Crippen LogP contribution is 2.24. The minimum Gasteiger partial charge on any atom is -0.478 e. The first-order valence-electron chi connectivity index (χ1n) is 5.40. The zero-order chi connectivity index (χ0) is 13.5. The lowest BCUT2D eigenvalue weighted by atomic mass is 10.2. The summed E-state index contributed by atoms with van der Waals surface area (Å²) in [6.07, 6.45) is 1.48. The highest BCUT2D eigenvalue weighted by Gasteiger charge is 2.07. The first-order chi connectivity index (χ1) is 8.50. The molecule has 1 amide bonds. The largest absolute Gasteiger partial charge is 0.478 e. The minimum atomic E-state index is -0.952. The number of hydrogen-bond donors (Lipinski definition) is 2. The van der Waals surface area contributed by atoms with Crippen molar-refractivity contribution in [1.29, 1.82) is 0 Å². The zero-order valence-corrected chi connectivity index (χ0v) is 11.0. The molecular weight excluding hydrogens is 254 g/mol. The number of aryl methyl sites for hydroxylation is 1. The molecule has 1 heterocycles. The number of carboxylic acids is 1. The number of carbonyl (C=O) groups excluding carboxylic acids is 1. The Morgan fingerprint density at radius 3 is 2.83 bits per heavy atom. The summed E-state index contributed by atoms with van der Waals surface area (Å²) >= 11 is 1.35. The van der Waals surface area contributed by atoms with Gasteiger partial charge in [-0.15, -0.1) is 11.3 Å². The summed E-state index contributed by atoms with van der Waals surface area (Å²) in [6, 6.07) is 1.87. The molecule has 0 atom stereocenters. The first kappa shape index (κ1) is 14.2. The number of amides is 1. The molecule has 0 fully saturated rings. The Bertz CT molecular complexity index is 464. The number of nitrogens with one attached hydrogen (secondary N) is 1. The smallest absolute Gasteiger partial charge is 0.413 e. The van der Waals surface area contributed by atoms with Gasteiger partial charge in [0.2, 0.25) is 0 Å². The van der Waals surface area contributed by atoms with Crippen LogP contribution < -0.4 is 10.1 Å². The van der Waals surface area contributed by atoms with Gasteiger partial charge in [0.15, 0.2) is 5.06 Å². The fourth-order valence-electron chi connectivity index (χ4n) is 1.13. The van der Waals surface area contributed by atoms with Gasteiger partial charge in [0.25, 0.3) is 0 Å². The highest BCUT2D eigenvalue weighted by atomic mass is 32.1. The molecule has 0 aromatic carbocycles. The van der Waals surface area contributed by atoms with Crippen molar-refractivity contribution < 1.29 is 19.4 Å². The van der Waals surface area contributed by atoms with Gasteiger partial charge >= 0.3 is 12.1 Å². The van der Waals surface area contributed by atoms with Gasteiger partial charge in [-0.05, 0) is 31.7 Å². The summed E-state index contributed by atoms with van der Waals surface area (Å²) in [4.78, 5) is 21.9. The van der Waals surface area contributed by atoms with Crippen LogP contribution >= 0.6 is 11.3 Å². The van der Waals surface area contributed by atoms with Gasteiger partial charge < -0.3 is 15.2 Å². The van der Waals surface area contributed by atoms with E-state index in [1.807, 2.05) is 18.4 Å². The third-order valence-electron chi connectivity index (χ3n) is 2.20. The fraction of sp³-hybridized carbons (Fsp3) is 0.333. The molecule has 2 N–H and O–H groups in total. The molecule has 0 saturated heterocycles. The van der Waals surface area contributed by atoms with Crippen molar-refractivity contribution in [2.75, 3.05) is 6.54 Å². The maximum absolute atomic E-state index is 11.4. The number of carbonyl (C=O) groups is 2. The Hall–Kier alpha value is -1.82. The maximum Gasteiger partial charge on any atom is 0.413 e. The lowest BCUT2D eigenvalue weighted by Gasteiger charge is -2.04. The lowest BCUT2D eigenvalue weighted by Crippen LogP contribution is -2.27. The molecule has 0 saturated carbocycles. The van der Waals surface area contributed by atoms with Crippen molar-refractivity contribution >= 4 is 23.4 Å². The molecule has 18 heavy (non-hydrogen) atoms. The molecule has 0 aliphatic heterocycles. The van der Waals surface area contributed by atoms with E-state index in [9.17, 15) is 9.59 Å². The summed E-state index contributed by atoms with van der Waals surface area (Å²) in [5, 5.41) is 13.6. The molecule has 5 nitrogen and oxygen atoms in total. The molecule has 0 radical (unpaired) electrons. The second kappa shape index (κ2) is 6.80. The second-order valence-corrected chi connectivity index (χ2v) is 4.57. The predicted molar refractivity (Wildman–Crippen MR) is 69.1 cm³/mol. The monoisotopic (exact) mass is 269 g/mol. The standard InChI is InChI=1S/C12H15NO4S/c1-8(10(14)15)4-3-6-13-12(16)17-11-9(2)5-7-18-11/h4-5,7H,3,6H2,1-2H3,(H,13,16)(H,14,15). The number of thiophene rings is 1. The Kier molecular flexibility index (Phi) is 5.38. The van der Waals surface area contributed by atoms with Crippen molar-refractivity contribution in [3.63, 3.8) is 0 Å². The number of rotatable bonds is 5. The van der Waals surface area contributed by atoms with Crippen LogP contribution in [-0.4, -0.2) is 23.7 Å². The topological polar surface area (TPSA) is 75.6 Å². The Balaban J connectivity index is 2.28. The second-order valence-electron chi connectivity index (χ2n) is 3.69. The van der Waals surface area contributed by atoms with Crippen LogP contribution in [0, 0.1) is 6.92 Å². The Morgan fingerprint density at radius 2 is 2.28 bits per heavy atom. The van der Waals surface area contributed by atoms with Crippen LogP contribution in [0.15, 0.2) is 23.1 Å². The number of carboxylic acid groups (broad SMARTS) is 1. The van der Waals surface area contributed by atoms with E-state index in [4.69, 9.17) is 9.84 Å². The van der Waals surface area contributed by atoms with Gasteiger partial charge in [0, 0.05) is 17.7 Å². The summed E-state index contributed by atoms with van der Waals surface area (Å²) < 4.78 is 5.07. The zero-order valence-electron chi connectivity index (χ0n) is 10.2. The average molecular weight is 269 g/mol. The van der Waals surface area contributed by atoms with E-state index in [0.717, 1.165) is 5.56 Å². The van der Waals surface area contributed by atoms with E-state index in [1.165, 1.54) is 18.3 Å². The molecular formula is C12H15NO4S. The van der Waals surface area contributed by atoms with Gasteiger partial charge in [-0.2, -0.15) is 0 Å². The lowest BCUT2D eigenvalue weighted by molar-refractivity contribution is -0.132. The van der Waals surface area contributed by atoms with Crippen LogP contribution in [0.1, 0.15) is 18.9 Å². The molecule has 0 spiro atoms. The van der Waals surface area contributed by atoms with Crippen LogP contribution in [0.3, 0.4) is 0 Å². The van der Waals surface area contributed by atoms with Crippen LogP contribution in [0.4, 0.5) is 4.79 Å². The summed E-state index contributed by atoms with van der Waals surface area (Å²) in [5.74, 6) is -0.952. The van der Waals surface area contributed by atoms with Crippen molar-refractivity contribution in [1.82, 2.24) is 5.32 Å². The Labute approximate surface area is 109 Å². The van der Waals surface area contributed by atoms with E-state index in [1.54, 1.807) is 6.08 Å².